The predicted octanol–water partition coefficient (Wildman–Crippen LogP) is 3.00. The van der Waals surface area contributed by atoms with E-state index >= 15 is 0 Å². The number of hydrogen-bond acceptors (Lipinski definition) is 4. The highest BCUT2D eigenvalue weighted by Crippen LogP contribution is 2.35. The molecular weight excluding hydrogens is 398 g/mol. The summed E-state index contributed by atoms with van der Waals surface area (Å²) in [5.41, 5.74) is 4.35. The van der Waals surface area contributed by atoms with Gasteiger partial charge in [-0.15, -0.1) is 0 Å². The zero-order valence-electron chi connectivity index (χ0n) is 17.6. The van der Waals surface area contributed by atoms with Crippen molar-refractivity contribution in [3.8, 4) is 0 Å². The van der Waals surface area contributed by atoms with E-state index in [0.717, 1.165) is 19.3 Å². The Bertz CT molecular complexity index is 973. The van der Waals surface area contributed by atoms with E-state index in [2.05, 4.69) is 48.7 Å². The first-order valence-electron chi connectivity index (χ1n) is 10.4. The number of hydrogen-bond donors (Lipinski definition) is 3. The van der Waals surface area contributed by atoms with E-state index in [1.165, 1.54) is 16.7 Å². The number of rotatable bonds is 8. The summed E-state index contributed by atoms with van der Waals surface area (Å²) in [6.07, 6.45) is 3.34. The topological polar surface area (TPSA) is 101 Å². The second-order valence-electron chi connectivity index (χ2n) is 8.25. The first-order valence-corrected chi connectivity index (χ1v) is 12.1. The molecule has 1 fully saturated rings. The van der Waals surface area contributed by atoms with E-state index in [0.29, 0.717) is 23.6 Å². The minimum Gasteiger partial charge on any atom is -0.351 e. The van der Waals surface area contributed by atoms with Crippen molar-refractivity contribution < 1.29 is 13.2 Å². The molecule has 2 aromatic carbocycles. The van der Waals surface area contributed by atoms with Gasteiger partial charge in [0, 0.05) is 24.2 Å². The van der Waals surface area contributed by atoms with E-state index in [1.807, 2.05) is 12.1 Å². The van der Waals surface area contributed by atoms with Gasteiger partial charge >= 0.3 is 0 Å². The quantitative estimate of drug-likeness (QED) is 0.600. The molecule has 0 heterocycles. The normalized spacial score (nSPS) is 20.1. The summed E-state index contributed by atoms with van der Waals surface area (Å²) in [6, 6.07) is 17.0. The molecule has 0 bridgehead atoms. The molecule has 0 spiro atoms. The fourth-order valence-corrected chi connectivity index (χ4v) is 4.53. The van der Waals surface area contributed by atoms with Crippen molar-refractivity contribution in [3.05, 3.63) is 70.8 Å². The smallest absolute Gasteiger partial charge is 0.251 e. The molecule has 3 atom stereocenters. The maximum atomic E-state index is 12.1. The molecule has 7 heteroatoms. The summed E-state index contributed by atoms with van der Waals surface area (Å²) in [7, 11) is -3.57. The molecule has 4 N–H and O–H groups in total. The van der Waals surface area contributed by atoms with Crippen molar-refractivity contribution in [3.63, 3.8) is 0 Å². The number of benzene rings is 2. The summed E-state index contributed by atoms with van der Waals surface area (Å²) >= 11 is 0. The number of primary sulfonamides is 1. The molecular formula is C23H31N3O3S. The molecule has 162 valence electrons. The van der Waals surface area contributed by atoms with Gasteiger partial charge in [0.15, 0.2) is 0 Å². The van der Waals surface area contributed by atoms with Gasteiger partial charge in [-0.05, 0) is 62.3 Å². The third kappa shape index (κ3) is 6.39. The fraction of sp³-hybridized carbons (Fsp3) is 0.435. The van der Waals surface area contributed by atoms with Crippen LogP contribution in [-0.4, -0.2) is 32.7 Å². The van der Waals surface area contributed by atoms with Gasteiger partial charge in [0.1, 0.15) is 0 Å². The van der Waals surface area contributed by atoms with Crippen LogP contribution in [-0.2, 0) is 10.0 Å². The van der Waals surface area contributed by atoms with Crippen LogP contribution in [0, 0.1) is 6.92 Å². The van der Waals surface area contributed by atoms with Gasteiger partial charge in [-0.2, -0.15) is 0 Å². The van der Waals surface area contributed by atoms with E-state index < -0.39 is 10.0 Å². The van der Waals surface area contributed by atoms with Crippen LogP contribution in [0.4, 0.5) is 0 Å². The van der Waals surface area contributed by atoms with Gasteiger partial charge in [-0.3, -0.25) is 4.79 Å². The molecule has 1 unspecified atom stereocenters. The zero-order chi connectivity index (χ0) is 21.7. The summed E-state index contributed by atoms with van der Waals surface area (Å²) in [5, 5.41) is 11.3. The number of carbonyl (C=O) groups excluding carboxylic acids is 1. The van der Waals surface area contributed by atoms with E-state index in [-0.39, 0.29) is 18.2 Å². The molecule has 0 radical (unpaired) electrons. The SMILES string of the molecule is Cc1cccc([C@@H](C)NC2CC[C@H](c3ccc(C(=O)NCCS(N)(=O)=O)cc3)C2)c1. The van der Waals surface area contributed by atoms with Crippen molar-refractivity contribution in [2.24, 2.45) is 5.14 Å². The highest BCUT2D eigenvalue weighted by Gasteiger charge is 2.27. The van der Waals surface area contributed by atoms with Crippen LogP contribution >= 0.6 is 0 Å². The van der Waals surface area contributed by atoms with Crippen LogP contribution in [0.1, 0.15) is 65.2 Å². The summed E-state index contributed by atoms with van der Waals surface area (Å²) in [4.78, 5) is 12.1. The van der Waals surface area contributed by atoms with Gasteiger partial charge < -0.3 is 10.6 Å². The van der Waals surface area contributed by atoms with Crippen LogP contribution in [0.5, 0.6) is 0 Å². The molecule has 1 amide bonds. The third-order valence-electron chi connectivity index (χ3n) is 5.78. The average Bonchev–Trinajstić information content (AvgIpc) is 3.15. The van der Waals surface area contributed by atoms with Gasteiger partial charge in [-0.1, -0.05) is 42.0 Å². The van der Waals surface area contributed by atoms with E-state index in [1.54, 1.807) is 12.1 Å². The van der Waals surface area contributed by atoms with Crippen LogP contribution in [0.3, 0.4) is 0 Å². The lowest BCUT2D eigenvalue weighted by molar-refractivity contribution is 0.0956. The van der Waals surface area contributed by atoms with Crippen molar-refractivity contribution >= 4 is 15.9 Å². The monoisotopic (exact) mass is 429 g/mol. The number of aryl methyl sites for hydroxylation is 1. The predicted molar refractivity (Wildman–Crippen MR) is 120 cm³/mol. The van der Waals surface area contributed by atoms with Gasteiger partial charge in [-0.25, -0.2) is 13.6 Å². The second-order valence-corrected chi connectivity index (χ2v) is 9.99. The average molecular weight is 430 g/mol. The highest BCUT2D eigenvalue weighted by molar-refractivity contribution is 7.89. The summed E-state index contributed by atoms with van der Waals surface area (Å²) in [5.74, 6) is -0.0799. The molecule has 1 saturated carbocycles. The second kappa shape index (κ2) is 9.73. The Balaban J connectivity index is 1.52. The minimum absolute atomic E-state index is 0.00845. The highest BCUT2D eigenvalue weighted by atomic mass is 32.2. The van der Waals surface area contributed by atoms with Crippen LogP contribution in [0.15, 0.2) is 48.5 Å². The van der Waals surface area contributed by atoms with E-state index in [4.69, 9.17) is 5.14 Å². The summed E-state index contributed by atoms with van der Waals surface area (Å²) in [6.45, 7) is 4.34. The number of nitrogens with one attached hydrogen (secondary N) is 2. The van der Waals surface area contributed by atoms with Crippen molar-refractivity contribution in [2.45, 2.75) is 51.1 Å². The van der Waals surface area contributed by atoms with Crippen molar-refractivity contribution in [2.75, 3.05) is 12.3 Å². The maximum Gasteiger partial charge on any atom is 0.251 e. The lowest BCUT2D eigenvalue weighted by Crippen LogP contribution is -2.31. The lowest BCUT2D eigenvalue weighted by atomic mass is 9.96. The number of amides is 1. The largest absolute Gasteiger partial charge is 0.351 e. The molecule has 6 nitrogen and oxygen atoms in total. The van der Waals surface area contributed by atoms with Crippen molar-refractivity contribution in [1.82, 2.24) is 10.6 Å². The first kappa shape index (κ1) is 22.5. The van der Waals surface area contributed by atoms with Crippen LogP contribution in [0.25, 0.3) is 0 Å². The summed E-state index contributed by atoms with van der Waals surface area (Å²) < 4.78 is 21.9. The number of sulfonamides is 1. The standard InChI is InChI=1S/C23H31N3O3S/c1-16-4-3-5-20(14-16)17(2)26-22-11-10-21(15-22)18-6-8-19(9-7-18)23(27)25-12-13-30(24,28)29/h3-9,14,17,21-22,26H,10-13,15H2,1-2H3,(H,25,27)(H2,24,28,29)/t17-,21+,22?/m1/s1. The Morgan fingerprint density at radius 1 is 1.17 bits per heavy atom. The van der Waals surface area contributed by atoms with Gasteiger partial charge in [0.25, 0.3) is 5.91 Å². The fourth-order valence-electron chi connectivity index (χ4n) is 4.14. The van der Waals surface area contributed by atoms with E-state index in [9.17, 15) is 13.2 Å². The van der Waals surface area contributed by atoms with Gasteiger partial charge in [0.05, 0.1) is 5.75 Å². The Hall–Kier alpha value is -2.22. The minimum atomic E-state index is -3.57. The maximum absolute atomic E-state index is 12.1. The number of carbonyl (C=O) groups is 1. The Labute approximate surface area is 179 Å². The Kier molecular flexibility index (Phi) is 7.28. The lowest BCUT2D eigenvalue weighted by Gasteiger charge is -2.20. The van der Waals surface area contributed by atoms with Crippen molar-refractivity contribution in [1.29, 1.82) is 0 Å². The molecule has 1 aliphatic carbocycles. The van der Waals surface area contributed by atoms with Gasteiger partial charge in [0.2, 0.25) is 10.0 Å². The number of nitrogens with two attached hydrogens (primary N) is 1. The zero-order valence-corrected chi connectivity index (χ0v) is 18.4. The molecule has 0 aliphatic heterocycles. The molecule has 0 saturated heterocycles. The third-order valence-corrected chi connectivity index (χ3v) is 6.55. The molecule has 1 aliphatic rings. The molecule has 3 rings (SSSR count). The first-order chi connectivity index (χ1) is 14.2. The Morgan fingerprint density at radius 2 is 1.90 bits per heavy atom. The molecule has 0 aromatic heterocycles. The molecule has 2 aromatic rings. The Morgan fingerprint density at radius 3 is 2.57 bits per heavy atom. The van der Waals surface area contributed by atoms with Crippen LogP contribution in [0.2, 0.25) is 0 Å². The molecule has 30 heavy (non-hydrogen) atoms. The van der Waals surface area contributed by atoms with Crippen LogP contribution < -0.4 is 15.8 Å².